The number of amides is 3. The lowest BCUT2D eigenvalue weighted by Crippen LogP contribution is -2.53. The van der Waals surface area contributed by atoms with Crippen LogP contribution in [0.3, 0.4) is 0 Å². The molecule has 1 spiro atoms. The number of urea groups is 1. The minimum Gasteiger partial charge on any atom is -0.486 e. The number of hydrogen-bond acceptors (Lipinski definition) is 5. The Morgan fingerprint density at radius 2 is 1.69 bits per heavy atom. The molecule has 3 saturated heterocycles. The third-order valence-corrected chi connectivity index (χ3v) is 7.29. The van der Waals surface area contributed by atoms with Crippen molar-refractivity contribution in [3.63, 3.8) is 0 Å². The predicted molar refractivity (Wildman–Crippen MR) is 119 cm³/mol. The lowest BCUT2D eigenvalue weighted by Gasteiger charge is -2.41. The number of carbonyl (C=O) groups excluding carboxylic acids is 2. The van der Waals surface area contributed by atoms with E-state index < -0.39 is 5.79 Å². The minimum absolute atomic E-state index is 0.00295. The van der Waals surface area contributed by atoms with Crippen LogP contribution in [0.25, 0.3) is 0 Å². The summed E-state index contributed by atoms with van der Waals surface area (Å²) in [6.45, 7) is 6.50. The van der Waals surface area contributed by atoms with Crippen LogP contribution in [0.15, 0.2) is 24.3 Å². The van der Waals surface area contributed by atoms with Crippen LogP contribution < -0.4 is 9.64 Å². The Labute approximate surface area is 189 Å². The van der Waals surface area contributed by atoms with Gasteiger partial charge < -0.3 is 24.0 Å². The predicted octanol–water partition coefficient (Wildman–Crippen LogP) is 2.86. The number of likely N-dealkylation sites (tertiary alicyclic amines) is 2. The van der Waals surface area contributed by atoms with Gasteiger partial charge in [0.05, 0.1) is 25.4 Å². The second-order valence-electron chi connectivity index (χ2n) is 9.20. The highest BCUT2D eigenvalue weighted by atomic mass is 16.7. The summed E-state index contributed by atoms with van der Waals surface area (Å²) >= 11 is 0. The van der Waals surface area contributed by atoms with Gasteiger partial charge in [-0.1, -0.05) is 19.1 Å². The highest BCUT2D eigenvalue weighted by Gasteiger charge is 2.42. The smallest absolute Gasteiger partial charge is 0.324 e. The molecule has 3 amide bonds. The van der Waals surface area contributed by atoms with Gasteiger partial charge in [-0.25, -0.2) is 4.79 Å². The number of para-hydroxylation sites is 2. The number of hydrogen-bond donors (Lipinski definition) is 0. The lowest BCUT2D eigenvalue weighted by atomic mass is 9.93. The number of nitrogens with zero attached hydrogens (tertiary/aromatic N) is 3. The van der Waals surface area contributed by atoms with E-state index in [1.54, 1.807) is 0 Å². The molecule has 4 aliphatic rings. The van der Waals surface area contributed by atoms with E-state index in [1.165, 1.54) is 0 Å². The fourth-order valence-electron chi connectivity index (χ4n) is 5.29. The first-order chi connectivity index (χ1) is 15.6. The fourth-order valence-corrected chi connectivity index (χ4v) is 5.29. The number of carbonyl (C=O) groups is 2. The molecule has 0 unspecified atom stereocenters. The molecule has 0 N–H and O–H groups in total. The average Bonchev–Trinajstić information content (AvgIpc) is 3.30. The maximum absolute atomic E-state index is 13.4. The van der Waals surface area contributed by atoms with Crippen LogP contribution in [-0.2, 0) is 14.3 Å². The number of rotatable bonds is 2. The molecule has 3 fully saturated rings. The van der Waals surface area contributed by atoms with Gasteiger partial charge in [0.25, 0.3) is 0 Å². The van der Waals surface area contributed by atoms with E-state index >= 15 is 0 Å². The Balaban J connectivity index is 1.17. The largest absolute Gasteiger partial charge is 0.486 e. The molecular formula is C24H33N3O5. The molecule has 4 aliphatic heterocycles. The molecular weight excluding hydrogens is 410 g/mol. The highest BCUT2D eigenvalue weighted by Crippen LogP contribution is 2.36. The van der Waals surface area contributed by atoms with E-state index in [2.05, 4.69) is 6.92 Å². The summed E-state index contributed by atoms with van der Waals surface area (Å²) in [5.41, 5.74) is 0.832. The van der Waals surface area contributed by atoms with Gasteiger partial charge in [0.15, 0.2) is 5.79 Å². The SMILES string of the molecule is CC[C@@H]1CN(C(=O)N2CCC(C(=O)N3CCC4(CC3)OCCO4)CC2)c2ccccc2O1. The normalized spacial score (nSPS) is 25.5. The van der Waals surface area contributed by atoms with Gasteiger partial charge in [-0.05, 0) is 31.4 Å². The highest BCUT2D eigenvalue weighted by molar-refractivity contribution is 5.94. The first kappa shape index (κ1) is 21.5. The topological polar surface area (TPSA) is 71.6 Å². The van der Waals surface area contributed by atoms with E-state index in [1.807, 2.05) is 39.0 Å². The van der Waals surface area contributed by atoms with Crippen molar-refractivity contribution in [1.82, 2.24) is 9.80 Å². The molecule has 32 heavy (non-hydrogen) atoms. The van der Waals surface area contributed by atoms with E-state index in [9.17, 15) is 9.59 Å². The van der Waals surface area contributed by atoms with Crippen molar-refractivity contribution >= 4 is 17.6 Å². The third-order valence-electron chi connectivity index (χ3n) is 7.29. The quantitative estimate of drug-likeness (QED) is 0.703. The molecule has 8 heteroatoms. The van der Waals surface area contributed by atoms with E-state index in [0.717, 1.165) is 30.7 Å². The molecule has 5 rings (SSSR count). The van der Waals surface area contributed by atoms with Gasteiger partial charge in [0, 0.05) is 44.9 Å². The minimum atomic E-state index is -0.461. The monoisotopic (exact) mass is 443 g/mol. The van der Waals surface area contributed by atoms with Gasteiger partial charge in [0.2, 0.25) is 5.91 Å². The van der Waals surface area contributed by atoms with Crippen LogP contribution in [0.1, 0.15) is 39.0 Å². The second-order valence-corrected chi connectivity index (χ2v) is 9.20. The van der Waals surface area contributed by atoms with Gasteiger partial charge in [-0.2, -0.15) is 0 Å². The Hall–Kier alpha value is -2.32. The van der Waals surface area contributed by atoms with Crippen molar-refractivity contribution in [3.8, 4) is 5.75 Å². The van der Waals surface area contributed by atoms with E-state index in [0.29, 0.717) is 58.8 Å². The summed E-state index contributed by atoms with van der Waals surface area (Å²) in [6, 6.07) is 7.75. The van der Waals surface area contributed by atoms with E-state index in [4.69, 9.17) is 14.2 Å². The lowest BCUT2D eigenvalue weighted by molar-refractivity contribution is -0.188. The third kappa shape index (κ3) is 4.06. The Morgan fingerprint density at radius 1 is 1.00 bits per heavy atom. The molecule has 1 atom stereocenters. The van der Waals surface area contributed by atoms with Crippen molar-refractivity contribution in [2.75, 3.05) is 50.8 Å². The number of ether oxygens (including phenoxy) is 3. The van der Waals surface area contributed by atoms with Gasteiger partial charge >= 0.3 is 6.03 Å². The first-order valence-electron chi connectivity index (χ1n) is 12.0. The molecule has 1 aromatic rings. The number of piperidine rings is 2. The zero-order valence-corrected chi connectivity index (χ0v) is 18.8. The molecule has 0 saturated carbocycles. The molecule has 0 aliphatic carbocycles. The van der Waals surface area contributed by atoms with Crippen LogP contribution in [-0.4, -0.2) is 79.6 Å². The Morgan fingerprint density at radius 3 is 2.38 bits per heavy atom. The molecule has 0 aromatic heterocycles. The van der Waals surface area contributed by atoms with Crippen molar-refractivity contribution in [3.05, 3.63) is 24.3 Å². The molecule has 4 heterocycles. The van der Waals surface area contributed by atoms with Crippen molar-refractivity contribution < 1.29 is 23.8 Å². The van der Waals surface area contributed by atoms with Crippen LogP contribution in [0.5, 0.6) is 5.75 Å². The van der Waals surface area contributed by atoms with E-state index in [-0.39, 0.29) is 24.0 Å². The standard InChI is InChI=1S/C24H33N3O5/c1-2-19-17-27(20-5-3-4-6-21(20)32-19)23(29)26-11-7-18(8-12-26)22(28)25-13-9-24(10-14-25)30-15-16-31-24/h3-6,18-19H,2,7-17H2,1H3/t19-/m1/s1. The number of benzene rings is 1. The molecule has 0 bridgehead atoms. The zero-order valence-electron chi connectivity index (χ0n) is 18.8. The van der Waals surface area contributed by atoms with Crippen LogP contribution in [0.4, 0.5) is 10.5 Å². The van der Waals surface area contributed by atoms with Gasteiger partial charge in [0.1, 0.15) is 11.9 Å². The second kappa shape index (κ2) is 8.90. The molecule has 8 nitrogen and oxygen atoms in total. The maximum Gasteiger partial charge on any atom is 0.324 e. The Bertz CT molecular complexity index is 838. The van der Waals surface area contributed by atoms with Gasteiger partial charge in [-0.15, -0.1) is 0 Å². The summed E-state index contributed by atoms with van der Waals surface area (Å²) in [5, 5.41) is 0. The maximum atomic E-state index is 13.4. The van der Waals surface area contributed by atoms with Crippen molar-refractivity contribution in [2.24, 2.45) is 5.92 Å². The average molecular weight is 444 g/mol. The van der Waals surface area contributed by atoms with Crippen LogP contribution in [0, 0.1) is 5.92 Å². The van der Waals surface area contributed by atoms with Crippen LogP contribution in [0.2, 0.25) is 0 Å². The van der Waals surface area contributed by atoms with Gasteiger partial charge in [-0.3, -0.25) is 9.69 Å². The number of fused-ring (bicyclic) bond motifs is 1. The van der Waals surface area contributed by atoms with Crippen LogP contribution >= 0.6 is 0 Å². The molecule has 174 valence electrons. The fraction of sp³-hybridized carbons (Fsp3) is 0.667. The van der Waals surface area contributed by atoms with Crippen molar-refractivity contribution in [1.29, 1.82) is 0 Å². The summed E-state index contributed by atoms with van der Waals surface area (Å²) < 4.78 is 17.6. The van der Waals surface area contributed by atoms with Crippen molar-refractivity contribution in [2.45, 2.75) is 50.9 Å². The zero-order chi connectivity index (χ0) is 22.1. The summed E-state index contributed by atoms with van der Waals surface area (Å²) in [4.78, 5) is 32.2. The first-order valence-corrected chi connectivity index (χ1v) is 12.0. The summed E-state index contributed by atoms with van der Waals surface area (Å²) in [7, 11) is 0. The Kier molecular flexibility index (Phi) is 5.99. The molecule has 1 aromatic carbocycles. The summed E-state index contributed by atoms with van der Waals surface area (Å²) in [5.74, 6) is 0.505. The molecule has 0 radical (unpaired) electrons. The number of anilines is 1. The summed E-state index contributed by atoms with van der Waals surface area (Å²) in [6.07, 6.45) is 3.76.